The van der Waals surface area contributed by atoms with Gasteiger partial charge in [-0.3, -0.25) is 4.90 Å². The molecule has 0 aromatic heterocycles. The van der Waals surface area contributed by atoms with E-state index in [2.05, 4.69) is 11.5 Å². The first kappa shape index (κ1) is 11.6. The second-order valence-corrected chi connectivity index (χ2v) is 3.08. The number of nitrogens with two attached hydrogens (primary N) is 1. The molecule has 3 heteroatoms. The fourth-order valence-corrected chi connectivity index (χ4v) is 1.00. The lowest BCUT2D eigenvalue weighted by molar-refractivity contribution is 0.205. The van der Waals surface area contributed by atoms with Gasteiger partial charge in [0, 0.05) is 25.7 Å². The molecule has 0 saturated heterocycles. The minimum absolute atomic E-state index is 0.201. The summed E-state index contributed by atoms with van der Waals surface area (Å²) in [7, 11) is 0. The van der Waals surface area contributed by atoms with Crippen LogP contribution in [0.15, 0.2) is 12.7 Å². The van der Waals surface area contributed by atoms with E-state index in [9.17, 15) is 0 Å². The molecule has 0 aromatic carbocycles. The molecule has 0 heterocycles. The van der Waals surface area contributed by atoms with Crippen molar-refractivity contribution < 1.29 is 5.11 Å². The lowest BCUT2D eigenvalue weighted by Gasteiger charge is -2.20. The van der Waals surface area contributed by atoms with Crippen molar-refractivity contribution in [3.8, 4) is 0 Å². The van der Waals surface area contributed by atoms with Gasteiger partial charge in [0.25, 0.3) is 0 Å². The summed E-state index contributed by atoms with van der Waals surface area (Å²) in [5, 5.41) is 8.72. The molecular weight excluding hydrogens is 152 g/mol. The van der Waals surface area contributed by atoms with E-state index in [1.54, 1.807) is 0 Å². The summed E-state index contributed by atoms with van der Waals surface area (Å²) in [5.41, 5.74) is 5.62. The average molecular weight is 172 g/mol. The van der Waals surface area contributed by atoms with Gasteiger partial charge in [0.2, 0.25) is 0 Å². The van der Waals surface area contributed by atoms with E-state index in [0.717, 1.165) is 19.5 Å². The fraction of sp³-hybridized carbons (Fsp3) is 0.778. The first-order chi connectivity index (χ1) is 5.70. The maximum atomic E-state index is 8.72. The molecule has 3 nitrogen and oxygen atoms in total. The van der Waals surface area contributed by atoms with Crippen molar-refractivity contribution in [2.24, 2.45) is 5.73 Å². The van der Waals surface area contributed by atoms with Crippen LogP contribution in [0, 0.1) is 0 Å². The molecule has 0 saturated carbocycles. The first-order valence-electron chi connectivity index (χ1n) is 4.40. The lowest BCUT2D eigenvalue weighted by atomic mass is 10.2. The van der Waals surface area contributed by atoms with Crippen LogP contribution in [0.5, 0.6) is 0 Å². The molecule has 0 bridgehead atoms. The van der Waals surface area contributed by atoms with Crippen molar-refractivity contribution >= 4 is 0 Å². The minimum atomic E-state index is 0.201. The summed E-state index contributed by atoms with van der Waals surface area (Å²) in [6.45, 7) is 8.32. The van der Waals surface area contributed by atoms with Gasteiger partial charge in [0.15, 0.2) is 0 Å². The van der Waals surface area contributed by atoms with E-state index in [-0.39, 0.29) is 12.6 Å². The van der Waals surface area contributed by atoms with E-state index in [1.165, 1.54) is 0 Å². The highest BCUT2D eigenvalue weighted by molar-refractivity contribution is 4.73. The lowest BCUT2D eigenvalue weighted by Crippen LogP contribution is -2.31. The Bertz CT molecular complexity index is 115. The van der Waals surface area contributed by atoms with E-state index in [4.69, 9.17) is 10.8 Å². The predicted molar refractivity (Wildman–Crippen MR) is 52.0 cm³/mol. The minimum Gasteiger partial charge on any atom is -0.395 e. The van der Waals surface area contributed by atoms with Gasteiger partial charge in [0.05, 0.1) is 6.61 Å². The van der Waals surface area contributed by atoms with Crippen LogP contribution < -0.4 is 5.73 Å². The largest absolute Gasteiger partial charge is 0.395 e. The molecule has 0 spiro atoms. The topological polar surface area (TPSA) is 49.5 Å². The van der Waals surface area contributed by atoms with E-state index in [1.807, 2.05) is 13.0 Å². The second kappa shape index (κ2) is 7.28. The number of aliphatic hydroxyl groups is 1. The zero-order valence-electron chi connectivity index (χ0n) is 7.87. The van der Waals surface area contributed by atoms with E-state index >= 15 is 0 Å². The Labute approximate surface area is 74.9 Å². The molecule has 0 fully saturated rings. The standard InChI is InChI=1S/C9H20N2O/c1-3-5-11(7-8-12)6-4-9(2)10/h3,9,12H,1,4-8,10H2,2H3. The zero-order chi connectivity index (χ0) is 9.40. The molecule has 0 aliphatic carbocycles. The Morgan fingerprint density at radius 1 is 1.58 bits per heavy atom. The molecule has 1 unspecified atom stereocenters. The molecule has 0 aliphatic rings. The molecule has 0 amide bonds. The van der Waals surface area contributed by atoms with Gasteiger partial charge in [-0.2, -0.15) is 0 Å². The second-order valence-electron chi connectivity index (χ2n) is 3.08. The quantitative estimate of drug-likeness (QED) is 0.539. The van der Waals surface area contributed by atoms with Crippen LogP contribution in [0.4, 0.5) is 0 Å². The zero-order valence-corrected chi connectivity index (χ0v) is 7.87. The van der Waals surface area contributed by atoms with E-state index < -0.39 is 0 Å². The van der Waals surface area contributed by atoms with Gasteiger partial charge < -0.3 is 10.8 Å². The van der Waals surface area contributed by atoms with Crippen LogP contribution >= 0.6 is 0 Å². The highest BCUT2D eigenvalue weighted by Gasteiger charge is 2.02. The van der Waals surface area contributed by atoms with Gasteiger partial charge in [0.1, 0.15) is 0 Å². The molecule has 1 atom stereocenters. The molecule has 0 radical (unpaired) electrons. The Balaban J connectivity index is 3.54. The smallest absolute Gasteiger partial charge is 0.0558 e. The number of nitrogens with zero attached hydrogens (tertiary/aromatic N) is 1. The monoisotopic (exact) mass is 172 g/mol. The van der Waals surface area contributed by atoms with Crippen molar-refractivity contribution in [2.45, 2.75) is 19.4 Å². The van der Waals surface area contributed by atoms with Gasteiger partial charge in [-0.15, -0.1) is 6.58 Å². The molecule has 72 valence electrons. The van der Waals surface area contributed by atoms with Gasteiger partial charge in [-0.25, -0.2) is 0 Å². The number of hydrogen-bond donors (Lipinski definition) is 2. The van der Waals surface area contributed by atoms with Crippen LogP contribution in [0.2, 0.25) is 0 Å². The first-order valence-corrected chi connectivity index (χ1v) is 4.40. The SMILES string of the molecule is C=CCN(CCO)CCC(C)N. The normalized spacial score (nSPS) is 13.3. The van der Waals surface area contributed by atoms with Crippen LogP contribution in [0.25, 0.3) is 0 Å². The highest BCUT2D eigenvalue weighted by Crippen LogP contribution is 1.93. The number of rotatable bonds is 7. The van der Waals surface area contributed by atoms with Crippen LogP contribution in [-0.4, -0.2) is 42.3 Å². The summed E-state index contributed by atoms with van der Waals surface area (Å²) in [6, 6.07) is 0.232. The van der Waals surface area contributed by atoms with Crippen molar-refractivity contribution in [3.05, 3.63) is 12.7 Å². The van der Waals surface area contributed by atoms with Gasteiger partial charge in [-0.05, 0) is 13.3 Å². The third kappa shape index (κ3) is 6.34. The van der Waals surface area contributed by atoms with Crippen LogP contribution in [0.1, 0.15) is 13.3 Å². The molecule has 0 aromatic rings. The Morgan fingerprint density at radius 2 is 2.25 bits per heavy atom. The summed E-state index contributed by atoms with van der Waals surface area (Å²) >= 11 is 0. The van der Waals surface area contributed by atoms with Crippen molar-refractivity contribution in [2.75, 3.05) is 26.2 Å². The fourth-order valence-electron chi connectivity index (χ4n) is 1.00. The third-order valence-electron chi connectivity index (χ3n) is 1.70. The summed E-state index contributed by atoms with van der Waals surface area (Å²) < 4.78 is 0. The molecular formula is C9H20N2O. The van der Waals surface area contributed by atoms with E-state index in [0.29, 0.717) is 6.54 Å². The molecule has 0 rings (SSSR count). The Morgan fingerprint density at radius 3 is 2.67 bits per heavy atom. The molecule has 3 N–H and O–H groups in total. The third-order valence-corrected chi connectivity index (χ3v) is 1.70. The number of hydrogen-bond acceptors (Lipinski definition) is 3. The predicted octanol–water partition coefficient (Wildman–Crippen LogP) is 0.204. The Kier molecular flexibility index (Phi) is 7.05. The maximum Gasteiger partial charge on any atom is 0.0558 e. The van der Waals surface area contributed by atoms with Gasteiger partial charge in [-0.1, -0.05) is 6.08 Å². The number of aliphatic hydroxyl groups excluding tert-OH is 1. The van der Waals surface area contributed by atoms with Crippen LogP contribution in [0.3, 0.4) is 0 Å². The van der Waals surface area contributed by atoms with Crippen LogP contribution in [-0.2, 0) is 0 Å². The summed E-state index contributed by atoms with van der Waals surface area (Å²) in [4.78, 5) is 2.14. The van der Waals surface area contributed by atoms with Gasteiger partial charge >= 0.3 is 0 Å². The Hall–Kier alpha value is -0.380. The summed E-state index contributed by atoms with van der Waals surface area (Å²) in [5.74, 6) is 0. The highest BCUT2D eigenvalue weighted by atomic mass is 16.3. The molecule has 0 aliphatic heterocycles. The maximum absolute atomic E-state index is 8.72. The van der Waals surface area contributed by atoms with Crippen molar-refractivity contribution in [3.63, 3.8) is 0 Å². The summed E-state index contributed by atoms with van der Waals surface area (Å²) in [6.07, 6.45) is 2.81. The average Bonchev–Trinajstić information content (AvgIpc) is 2.01. The van der Waals surface area contributed by atoms with Crippen molar-refractivity contribution in [1.29, 1.82) is 0 Å². The molecule has 12 heavy (non-hydrogen) atoms. The van der Waals surface area contributed by atoms with Crippen molar-refractivity contribution in [1.82, 2.24) is 4.90 Å².